The van der Waals surface area contributed by atoms with E-state index in [4.69, 9.17) is 4.84 Å². The van der Waals surface area contributed by atoms with Crippen molar-refractivity contribution < 1.29 is 23.6 Å². The molecule has 2 atom stereocenters. The summed E-state index contributed by atoms with van der Waals surface area (Å²) < 4.78 is 13.9. The van der Waals surface area contributed by atoms with E-state index < -0.39 is 23.7 Å². The van der Waals surface area contributed by atoms with Gasteiger partial charge in [-0.1, -0.05) is 59.7 Å². The van der Waals surface area contributed by atoms with Crippen LogP contribution >= 0.6 is 0 Å². The van der Waals surface area contributed by atoms with Gasteiger partial charge in [0.25, 0.3) is 11.8 Å². The molecular formula is C26H21FN2O4. The van der Waals surface area contributed by atoms with Crippen LogP contribution in [0.2, 0.25) is 0 Å². The van der Waals surface area contributed by atoms with Crippen molar-refractivity contribution in [3.63, 3.8) is 0 Å². The third kappa shape index (κ3) is 4.03. The van der Waals surface area contributed by atoms with Crippen LogP contribution in [0.4, 0.5) is 4.39 Å². The molecule has 3 aromatic carbocycles. The maximum absolute atomic E-state index is 13.9. The minimum Gasteiger partial charge on any atom is -0.329 e. The molecule has 0 N–H and O–H groups in total. The number of imide groups is 1. The van der Waals surface area contributed by atoms with Crippen molar-refractivity contribution in [1.82, 2.24) is 9.96 Å². The Kier molecular flexibility index (Phi) is 5.48. The molecule has 0 spiro atoms. The summed E-state index contributed by atoms with van der Waals surface area (Å²) in [5, 5.41) is 0.537. The van der Waals surface area contributed by atoms with Gasteiger partial charge in [-0.2, -0.15) is 0 Å². The number of halogens is 1. The molecule has 7 heteroatoms. The number of amides is 2. The average Bonchev–Trinajstić information content (AvgIpc) is 3.35. The highest BCUT2D eigenvalue weighted by Gasteiger charge is 2.44. The van der Waals surface area contributed by atoms with Crippen LogP contribution in [-0.2, 0) is 16.2 Å². The SMILES string of the molecule is O=C(ON1C(=O)c2ccccc2C1=O)[C@@H]1CN(Cc2ccccc2)C[C@H]1c1cccc(F)c1. The maximum Gasteiger partial charge on any atom is 0.338 e. The Morgan fingerprint density at radius 2 is 1.55 bits per heavy atom. The van der Waals surface area contributed by atoms with Crippen molar-refractivity contribution >= 4 is 17.8 Å². The number of fused-ring (bicyclic) bond motifs is 1. The average molecular weight is 444 g/mol. The molecule has 6 nitrogen and oxygen atoms in total. The van der Waals surface area contributed by atoms with Crippen molar-refractivity contribution in [2.24, 2.45) is 5.92 Å². The Labute approximate surface area is 190 Å². The zero-order valence-electron chi connectivity index (χ0n) is 17.7. The van der Waals surface area contributed by atoms with Gasteiger partial charge in [-0.25, -0.2) is 9.18 Å². The molecule has 166 valence electrons. The van der Waals surface area contributed by atoms with Crippen molar-refractivity contribution in [2.45, 2.75) is 12.5 Å². The number of benzene rings is 3. The monoisotopic (exact) mass is 444 g/mol. The van der Waals surface area contributed by atoms with Gasteiger partial charge < -0.3 is 4.84 Å². The molecule has 0 saturated carbocycles. The topological polar surface area (TPSA) is 66.9 Å². The van der Waals surface area contributed by atoms with E-state index in [9.17, 15) is 18.8 Å². The van der Waals surface area contributed by atoms with Gasteiger partial charge in [0.05, 0.1) is 17.0 Å². The second kappa shape index (κ2) is 8.60. The fourth-order valence-corrected chi connectivity index (χ4v) is 4.58. The molecule has 33 heavy (non-hydrogen) atoms. The molecule has 5 rings (SSSR count). The van der Waals surface area contributed by atoms with Gasteiger partial charge in [0.15, 0.2) is 0 Å². The molecule has 2 aliphatic heterocycles. The summed E-state index contributed by atoms with van der Waals surface area (Å²) in [6.07, 6.45) is 0. The molecule has 0 unspecified atom stereocenters. The van der Waals surface area contributed by atoms with Crippen LogP contribution in [0.25, 0.3) is 0 Å². The number of hydrogen-bond donors (Lipinski definition) is 0. The summed E-state index contributed by atoms with van der Waals surface area (Å²) in [7, 11) is 0. The third-order valence-electron chi connectivity index (χ3n) is 6.16. The molecule has 0 aromatic heterocycles. The summed E-state index contributed by atoms with van der Waals surface area (Å²) in [6, 6.07) is 22.3. The Morgan fingerprint density at radius 1 is 0.879 bits per heavy atom. The lowest BCUT2D eigenvalue weighted by Gasteiger charge is -2.20. The maximum atomic E-state index is 13.9. The fourth-order valence-electron chi connectivity index (χ4n) is 4.58. The van der Waals surface area contributed by atoms with E-state index in [1.807, 2.05) is 30.3 Å². The van der Waals surface area contributed by atoms with Gasteiger partial charge in [0, 0.05) is 25.6 Å². The highest BCUT2D eigenvalue weighted by Crippen LogP contribution is 2.35. The predicted molar refractivity (Wildman–Crippen MR) is 117 cm³/mol. The van der Waals surface area contributed by atoms with E-state index in [1.54, 1.807) is 24.3 Å². The van der Waals surface area contributed by atoms with E-state index in [2.05, 4.69) is 4.90 Å². The third-order valence-corrected chi connectivity index (χ3v) is 6.16. The van der Waals surface area contributed by atoms with Crippen molar-refractivity contribution in [3.8, 4) is 0 Å². The molecule has 2 amide bonds. The molecule has 3 aromatic rings. The molecular weight excluding hydrogens is 423 g/mol. The van der Waals surface area contributed by atoms with E-state index >= 15 is 0 Å². The highest BCUT2D eigenvalue weighted by molar-refractivity contribution is 6.20. The summed E-state index contributed by atoms with van der Waals surface area (Å²) in [5.41, 5.74) is 2.17. The predicted octanol–water partition coefficient (Wildman–Crippen LogP) is 3.80. The summed E-state index contributed by atoms with van der Waals surface area (Å²) in [5.74, 6) is -3.40. The smallest absolute Gasteiger partial charge is 0.329 e. The van der Waals surface area contributed by atoms with Gasteiger partial charge in [-0.15, -0.1) is 0 Å². The number of hydrogen-bond acceptors (Lipinski definition) is 5. The normalized spacial score (nSPS) is 20.2. The number of likely N-dealkylation sites (tertiary alicyclic amines) is 1. The van der Waals surface area contributed by atoms with E-state index in [-0.39, 0.29) is 22.9 Å². The minimum absolute atomic E-state index is 0.203. The van der Waals surface area contributed by atoms with Gasteiger partial charge in [-0.05, 0) is 35.4 Å². The standard InChI is InChI=1S/C26H21FN2O4/c27-19-10-6-9-18(13-19)22-15-28(14-17-7-2-1-3-8-17)16-23(22)26(32)33-29-24(30)20-11-4-5-12-21(20)25(29)31/h1-13,22-23H,14-16H2/t22-,23+/m0/s1. The Bertz CT molecular complexity index is 1190. The lowest BCUT2D eigenvalue weighted by atomic mass is 9.89. The molecule has 0 aliphatic carbocycles. The van der Waals surface area contributed by atoms with Gasteiger partial charge in [0.2, 0.25) is 0 Å². The molecule has 0 radical (unpaired) electrons. The van der Waals surface area contributed by atoms with E-state index in [1.165, 1.54) is 24.3 Å². The van der Waals surface area contributed by atoms with E-state index in [0.29, 0.717) is 30.3 Å². The zero-order valence-corrected chi connectivity index (χ0v) is 17.7. The van der Waals surface area contributed by atoms with Gasteiger partial charge in [0.1, 0.15) is 5.82 Å². The second-order valence-electron chi connectivity index (χ2n) is 8.31. The lowest BCUT2D eigenvalue weighted by molar-refractivity contribution is -0.173. The molecule has 1 saturated heterocycles. The van der Waals surface area contributed by atoms with Crippen LogP contribution in [0.15, 0.2) is 78.9 Å². The van der Waals surface area contributed by atoms with Crippen molar-refractivity contribution in [1.29, 1.82) is 0 Å². The first-order valence-corrected chi connectivity index (χ1v) is 10.7. The van der Waals surface area contributed by atoms with Gasteiger partial charge in [-0.3, -0.25) is 14.5 Å². The van der Waals surface area contributed by atoms with Crippen LogP contribution in [0.3, 0.4) is 0 Å². The van der Waals surface area contributed by atoms with Crippen LogP contribution in [0, 0.1) is 11.7 Å². The molecule has 0 bridgehead atoms. The zero-order chi connectivity index (χ0) is 22.9. The Hall–Kier alpha value is -3.84. The van der Waals surface area contributed by atoms with Crippen molar-refractivity contribution in [3.05, 3.63) is 107 Å². The summed E-state index contributed by atoms with van der Waals surface area (Å²) in [4.78, 5) is 45.9. The number of carbonyl (C=O) groups is 3. The summed E-state index contributed by atoms with van der Waals surface area (Å²) >= 11 is 0. The highest BCUT2D eigenvalue weighted by atomic mass is 19.1. The first-order chi connectivity index (χ1) is 16.0. The summed E-state index contributed by atoms with van der Waals surface area (Å²) in [6.45, 7) is 1.49. The van der Waals surface area contributed by atoms with Crippen molar-refractivity contribution in [2.75, 3.05) is 13.1 Å². The van der Waals surface area contributed by atoms with Gasteiger partial charge >= 0.3 is 5.97 Å². The quantitative estimate of drug-likeness (QED) is 0.560. The first-order valence-electron chi connectivity index (χ1n) is 10.7. The Morgan fingerprint density at radius 3 is 2.21 bits per heavy atom. The van der Waals surface area contributed by atoms with Crippen LogP contribution in [-0.4, -0.2) is 40.8 Å². The number of nitrogens with zero attached hydrogens (tertiary/aromatic N) is 2. The Balaban J connectivity index is 1.38. The molecule has 2 aliphatic rings. The lowest BCUT2D eigenvalue weighted by Crippen LogP contribution is -2.37. The second-order valence-corrected chi connectivity index (χ2v) is 8.31. The number of hydroxylamine groups is 2. The van der Waals surface area contributed by atoms with Crippen LogP contribution < -0.4 is 0 Å². The largest absolute Gasteiger partial charge is 0.338 e. The minimum atomic E-state index is -0.686. The molecule has 2 heterocycles. The first kappa shape index (κ1) is 21.0. The van der Waals surface area contributed by atoms with Crippen LogP contribution in [0.1, 0.15) is 37.8 Å². The van der Waals surface area contributed by atoms with Crippen LogP contribution in [0.5, 0.6) is 0 Å². The number of rotatable bonds is 5. The van der Waals surface area contributed by atoms with E-state index in [0.717, 1.165) is 5.56 Å². The molecule has 1 fully saturated rings. The number of carbonyl (C=O) groups excluding carboxylic acids is 3. The fraction of sp³-hybridized carbons (Fsp3) is 0.192.